The molecule has 5 nitrogen and oxygen atoms in total. The number of halogens is 4. The Bertz CT molecular complexity index is 602. The molecule has 0 aliphatic rings. The second-order valence-corrected chi connectivity index (χ2v) is 5.72. The molecule has 0 aliphatic heterocycles. The molecule has 0 atom stereocenters. The second kappa shape index (κ2) is 5.47. The highest BCUT2D eigenvalue weighted by atomic mass is 79.9. The molecule has 10 heteroatoms. The lowest BCUT2D eigenvalue weighted by Gasteiger charge is -2.13. The van der Waals surface area contributed by atoms with Crippen molar-refractivity contribution in [2.24, 2.45) is 0 Å². The van der Waals surface area contributed by atoms with Gasteiger partial charge in [-0.2, -0.15) is 17.2 Å². The molecule has 0 spiro atoms. The van der Waals surface area contributed by atoms with Crippen LogP contribution in [-0.4, -0.2) is 30.8 Å². The third-order valence-electron chi connectivity index (χ3n) is 1.90. The van der Waals surface area contributed by atoms with Gasteiger partial charge in [-0.1, -0.05) is 0 Å². The molecule has 0 saturated carbocycles. The number of rotatable bonds is 4. The molecule has 0 bridgehead atoms. The van der Waals surface area contributed by atoms with Crippen LogP contribution in [0.4, 0.5) is 13.2 Å². The maximum absolute atomic E-state index is 12.9. The third-order valence-corrected chi connectivity index (χ3v) is 3.38. The van der Waals surface area contributed by atoms with E-state index in [1.807, 2.05) is 0 Å². The molecule has 0 heterocycles. The van der Waals surface area contributed by atoms with Crippen molar-refractivity contribution in [3.63, 3.8) is 0 Å². The molecule has 0 fully saturated rings. The van der Waals surface area contributed by atoms with Crippen molar-refractivity contribution < 1.29 is 35.7 Å². The number of carbonyl (C=O) groups excluding carboxylic acids is 1. The summed E-state index contributed by atoms with van der Waals surface area (Å²) >= 11 is 2.77. The summed E-state index contributed by atoms with van der Waals surface area (Å²) < 4.78 is 71.0. The fourth-order valence-corrected chi connectivity index (χ4v) is 1.52. The van der Waals surface area contributed by atoms with Gasteiger partial charge in [0.1, 0.15) is 5.82 Å². The Kier molecular flexibility index (Phi) is 4.59. The predicted octanol–water partition coefficient (Wildman–Crippen LogP) is 2.23. The number of ether oxygens (including phenoxy) is 1. The summed E-state index contributed by atoms with van der Waals surface area (Å²) in [5.74, 6) is -1.97. The van der Waals surface area contributed by atoms with Crippen molar-refractivity contribution >= 4 is 32.0 Å². The lowest BCUT2D eigenvalue weighted by Crippen LogP contribution is -2.34. The number of hydrogen-bond acceptors (Lipinski definition) is 4. The lowest BCUT2D eigenvalue weighted by molar-refractivity contribution is -0.00951. The molecule has 0 amide bonds. The lowest BCUT2D eigenvalue weighted by atomic mass is 10.2. The first-order chi connectivity index (χ1) is 8.54. The monoisotopic (exact) mass is 362 g/mol. The third kappa shape index (κ3) is 3.91. The Morgan fingerprint density at radius 3 is 2.47 bits per heavy atom. The highest BCUT2D eigenvalue weighted by Gasteiger charge is 2.45. The van der Waals surface area contributed by atoms with E-state index in [0.717, 1.165) is 18.2 Å². The summed E-state index contributed by atoms with van der Waals surface area (Å²) in [5.41, 5.74) is -0.264. The molecule has 0 radical (unpaired) electrons. The molecule has 1 aromatic rings. The smallest absolute Gasteiger partial charge is 0.402 e. The fourth-order valence-electron chi connectivity index (χ4n) is 0.930. The minimum atomic E-state index is -5.67. The zero-order valence-electron chi connectivity index (χ0n) is 8.94. The Morgan fingerprint density at radius 2 is 2.00 bits per heavy atom. The highest BCUT2D eigenvalue weighted by molar-refractivity contribution is 9.10. The van der Waals surface area contributed by atoms with Crippen LogP contribution in [0.2, 0.25) is 0 Å². The van der Waals surface area contributed by atoms with Crippen LogP contribution < -0.4 is 0 Å². The first kappa shape index (κ1) is 15.9. The average Bonchev–Trinajstić information content (AvgIpc) is 2.28. The summed E-state index contributed by atoms with van der Waals surface area (Å²) in [4.78, 5) is 11.3. The summed E-state index contributed by atoms with van der Waals surface area (Å²) in [6, 6.07) is 2.83. The zero-order valence-corrected chi connectivity index (χ0v) is 11.3. The van der Waals surface area contributed by atoms with Crippen LogP contribution in [-0.2, 0) is 14.9 Å². The van der Waals surface area contributed by atoms with Gasteiger partial charge in [0.15, 0.2) is 6.61 Å². The van der Waals surface area contributed by atoms with Crippen molar-refractivity contribution in [1.82, 2.24) is 0 Å². The van der Waals surface area contributed by atoms with E-state index in [2.05, 4.69) is 20.7 Å². The number of carbonyl (C=O) groups is 1. The predicted molar refractivity (Wildman–Crippen MR) is 60.9 cm³/mol. The van der Waals surface area contributed by atoms with E-state index < -0.39 is 33.8 Å². The van der Waals surface area contributed by atoms with Gasteiger partial charge in [-0.15, -0.1) is 0 Å². The normalized spacial score (nSPS) is 12.3. The molecule has 0 saturated heterocycles. The maximum atomic E-state index is 12.9. The number of alkyl halides is 2. The van der Waals surface area contributed by atoms with Crippen LogP contribution in [0.15, 0.2) is 22.7 Å². The van der Waals surface area contributed by atoms with Crippen LogP contribution in [0.3, 0.4) is 0 Å². The molecular formula is C9H6BrF3O5S. The summed E-state index contributed by atoms with van der Waals surface area (Å²) in [7, 11) is -5.67. The maximum Gasteiger partial charge on any atom is 0.402 e. The van der Waals surface area contributed by atoms with Gasteiger partial charge in [0, 0.05) is 0 Å². The standard InChI is InChI=1S/C9H6BrF3O5S/c10-6-3-5(1-2-7(6)11)8(14)18-4-9(12,13)19(15,16)17/h1-3H,4H2,(H,15,16,17). The molecule has 0 aliphatic carbocycles. The van der Waals surface area contributed by atoms with E-state index in [-0.39, 0.29) is 10.0 Å². The van der Waals surface area contributed by atoms with E-state index in [4.69, 9.17) is 4.55 Å². The van der Waals surface area contributed by atoms with Crippen molar-refractivity contribution in [3.05, 3.63) is 34.1 Å². The topological polar surface area (TPSA) is 80.7 Å². The number of esters is 1. The van der Waals surface area contributed by atoms with Gasteiger partial charge in [0.05, 0.1) is 10.0 Å². The zero-order chi connectivity index (χ0) is 14.8. The summed E-state index contributed by atoms with van der Waals surface area (Å²) in [6.45, 7) is -1.85. The SMILES string of the molecule is O=C(OCC(F)(F)S(=O)(=O)O)c1ccc(F)c(Br)c1. The number of hydrogen-bond donors (Lipinski definition) is 1. The van der Waals surface area contributed by atoms with Crippen molar-refractivity contribution in [3.8, 4) is 0 Å². The van der Waals surface area contributed by atoms with Crippen LogP contribution in [0, 0.1) is 5.82 Å². The van der Waals surface area contributed by atoms with Crippen LogP contribution in [0.25, 0.3) is 0 Å². The Balaban J connectivity index is 2.79. The molecule has 0 unspecified atom stereocenters. The van der Waals surface area contributed by atoms with E-state index in [1.165, 1.54) is 0 Å². The second-order valence-electron chi connectivity index (χ2n) is 3.32. The van der Waals surface area contributed by atoms with Crippen molar-refractivity contribution in [2.75, 3.05) is 6.61 Å². The quantitative estimate of drug-likeness (QED) is 0.656. The van der Waals surface area contributed by atoms with Gasteiger partial charge in [-0.3, -0.25) is 4.55 Å². The minimum Gasteiger partial charge on any atom is -0.454 e. The Labute approximate surface area is 114 Å². The van der Waals surface area contributed by atoms with Crippen LogP contribution in [0.1, 0.15) is 10.4 Å². The van der Waals surface area contributed by atoms with Gasteiger partial charge in [-0.25, -0.2) is 9.18 Å². The first-order valence-corrected chi connectivity index (χ1v) is 6.75. The molecule has 1 rings (SSSR count). The van der Waals surface area contributed by atoms with Crippen molar-refractivity contribution in [1.29, 1.82) is 0 Å². The van der Waals surface area contributed by atoms with Gasteiger partial charge >= 0.3 is 21.3 Å². The van der Waals surface area contributed by atoms with E-state index in [9.17, 15) is 26.4 Å². The molecule has 1 aromatic carbocycles. The van der Waals surface area contributed by atoms with Gasteiger partial charge < -0.3 is 4.74 Å². The molecule has 1 N–H and O–H groups in total. The molecule has 19 heavy (non-hydrogen) atoms. The van der Waals surface area contributed by atoms with E-state index in [1.54, 1.807) is 0 Å². The summed E-state index contributed by atoms with van der Waals surface area (Å²) in [5, 5.41) is -4.61. The first-order valence-electron chi connectivity index (χ1n) is 4.51. The van der Waals surface area contributed by atoms with E-state index >= 15 is 0 Å². The molecule has 106 valence electrons. The van der Waals surface area contributed by atoms with Crippen LogP contribution in [0.5, 0.6) is 0 Å². The minimum absolute atomic E-state index is 0.0940. The molecule has 0 aromatic heterocycles. The molecular weight excluding hydrogens is 357 g/mol. The summed E-state index contributed by atoms with van der Waals surface area (Å²) in [6.07, 6.45) is 0. The van der Waals surface area contributed by atoms with Gasteiger partial charge in [-0.05, 0) is 34.1 Å². The fraction of sp³-hybridized carbons (Fsp3) is 0.222. The van der Waals surface area contributed by atoms with Gasteiger partial charge in [0.25, 0.3) is 0 Å². The van der Waals surface area contributed by atoms with Crippen molar-refractivity contribution in [2.45, 2.75) is 5.25 Å². The van der Waals surface area contributed by atoms with Gasteiger partial charge in [0.2, 0.25) is 0 Å². The average molecular weight is 363 g/mol. The number of benzene rings is 1. The Hall–Kier alpha value is -1.13. The Morgan fingerprint density at radius 1 is 1.42 bits per heavy atom. The highest BCUT2D eigenvalue weighted by Crippen LogP contribution is 2.22. The largest absolute Gasteiger partial charge is 0.454 e. The van der Waals surface area contributed by atoms with E-state index in [0.29, 0.717) is 0 Å². The van der Waals surface area contributed by atoms with Crippen LogP contribution >= 0.6 is 15.9 Å².